The van der Waals surface area contributed by atoms with Crippen LogP contribution in [0.2, 0.25) is 0 Å². The summed E-state index contributed by atoms with van der Waals surface area (Å²) in [7, 11) is 3.29. The summed E-state index contributed by atoms with van der Waals surface area (Å²) in [5.41, 5.74) is 1.79. The molecule has 0 spiro atoms. The zero-order valence-electron chi connectivity index (χ0n) is 77.9. The molecule has 3 rings (SSSR count). The second kappa shape index (κ2) is 57.8. The number of ketones is 1. The molecule has 0 aliphatic carbocycles. The highest BCUT2D eigenvalue weighted by Gasteiger charge is 2.36. The highest BCUT2D eigenvalue weighted by Crippen LogP contribution is 2.35. The summed E-state index contributed by atoms with van der Waals surface area (Å²) in [6, 6.07) is 15.6. The molecule has 1 unspecified atom stereocenters. The number of amides is 3. The molecule has 114 heavy (non-hydrogen) atoms. The van der Waals surface area contributed by atoms with Crippen LogP contribution in [0.1, 0.15) is 322 Å². The lowest BCUT2D eigenvalue weighted by Gasteiger charge is -2.40. The summed E-state index contributed by atoms with van der Waals surface area (Å²) in [6.45, 7) is 67.6. The number of hydrogen-bond donors (Lipinski definition) is 13. The highest BCUT2D eigenvalue weighted by atomic mass is 16.5. The molecule has 1 heterocycles. The van der Waals surface area contributed by atoms with E-state index in [4.69, 9.17) is 9.47 Å². The number of benzene rings is 2. The van der Waals surface area contributed by atoms with Crippen LogP contribution in [-0.4, -0.2) is 189 Å². The Bertz CT molecular complexity index is 2790. The number of rotatable bonds is 38. The number of hydrogen-bond acceptors (Lipinski definition) is 17. The molecule has 0 aromatic heterocycles. The molecule has 0 saturated carbocycles. The Hall–Kier alpha value is -4.32. The fraction of sp³-hybridized carbons (Fsp3) is 0.830. The average molecular weight is 1620 g/mol. The van der Waals surface area contributed by atoms with E-state index in [1.807, 2.05) is 187 Å². The topological polar surface area (TPSA) is 320 Å². The van der Waals surface area contributed by atoms with Gasteiger partial charge in [-0.3, -0.25) is 19.2 Å². The number of carbonyl (C=O) groups is 4. The summed E-state index contributed by atoms with van der Waals surface area (Å²) < 4.78 is 10.4. The Balaban J connectivity index is -0.000000637. The monoisotopic (exact) mass is 1620 g/mol. The van der Waals surface area contributed by atoms with Crippen molar-refractivity contribution in [2.45, 2.75) is 372 Å². The number of likely N-dealkylation sites (tertiary alicyclic amines) is 1. The van der Waals surface area contributed by atoms with Crippen LogP contribution in [0.5, 0.6) is 11.5 Å². The van der Waals surface area contributed by atoms with Gasteiger partial charge in [0.05, 0.1) is 87.0 Å². The maximum Gasteiger partial charge on any atom is 0.225 e. The third kappa shape index (κ3) is 53.3. The highest BCUT2D eigenvalue weighted by molar-refractivity contribution is 5.88. The van der Waals surface area contributed by atoms with Gasteiger partial charge in [0.25, 0.3) is 0 Å². The summed E-state index contributed by atoms with van der Waals surface area (Å²) >= 11 is 0. The summed E-state index contributed by atoms with van der Waals surface area (Å²) in [5.74, 6) is 2.14. The standard InChI is InChI=1S/C18H35NO3.C17H28O3.C15H31NO3.C15H25NO2.C14H29NO3.C14H29NO.CH4/c1-11(2)14(17(22)19-12(3)4)10-15(20)13(5)9-16(21)18(6,7)8;1-12(18)15(9-10-16(19)17(2,3)4)13-7-6-8-14(11-13)20-5;1-10(2)9-16-14(19)12(11(3)17)7-8-13(18)15(4,5)6;1-11(17)14(16-10-15(2,3)4)12-6-8-13(18-5)9-7-12;1-5-6-13(17)12(8-7-11(4)16)14(18)15-9-10(2)3;1-11(2)9-15-8-6-7-12(10-15)13(16)14(3,4)5;/h11-14,16,21H,9-10H2,1-8H3,(H,19,22);6-8,11-12,15-16,18-19H,9-10H2,1-5H3;10-13,17-18H,7-9H2,1-6H3,(H,16,19);6-9,11,14,16-17H,10H2,1-5H3;10-13,16-17H,5-9H2,1-4H3,(H,15,18);11-13,16H,6-10H2,1-5H3;1H4/t13-,14+,16+;12-,15-,16-;11-,12-,13+;11-,14+;11-,12-,13-;12?,13-;/m110001./s1. The van der Waals surface area contributed by atoms with Gasteiger partial charge in [-0.1, -0.05) is 211 Å². The number of piperidine rings is 1. The predicted octanol–water partition coefficient (Wildman–Crippen LogP) is 16.3. The van der Waals surface area contributed by atoms with E-state index in [-0.39, 0.29) is 112 Å². The first-order valence-corrected chi connectivity index (χ1v) is 42.9. The first-order valence-electron chi connectivity index (χ1n) is 42.9. The minimum absolute atomic E-state index is 0. The predicted molar refractivity (Wildman–Crippen MR) is 475 cm³/mol. The lowest BCUT2D eigenvalue weighted by Crippen LogP contribution is -2.45. The molecule has 1 saturated heterocycles. The minimum Gasteiger partial charge on any atom is -0.497 e. The molecule has 20 heteroatoms. The second-order valence-electron chi connectivity index (χ2n) is 40.1. The minimum atomic E-state index is -0.695. The fourth-order valence-electron chi connectivity index (χ4n) is 12.8. The molecular weight excluding hydrogens is 1440 g/mol. The number of aliphatic hydroxyl groups is 9. The molecule has 1 aliphatic rings. The molecule has 13 N–H and O–H groups in total. The van der Waals surface area contributed by atoms with Crippen molar-refractivity contribution < 1.29 is 74.6 Å². The molecule has 0 radical (unpaired) electrons. The van der Waals surface area contributed by atoms with Crippen molar-refractivity contribution in [3.8, 4) is 11.5 Å². The van der Waals surface area contributed by atoms with Gasteiger partial charge in [-0.05, 0) is 204 Å². The normalized spacial score (nSPS) is 17.6. The lowest BCUT2D eigenvalue weighted by molar-refractivity contribution is -0.133. The maximum absolute atomic E-state index is 12.4. The molecule has 3 amide bonds. The van der Waals surface area contributed by atoms with Crippen LogP contribution in [-0.2, 0) is 19.2 Å². The van der Waals surface area contributed by atoms with E-state index in [1.165, 1.54) is 25.9 Å². The summed E-state index contributed by atoms with van der Waals surface area (Å²) in [6.07, 6.45) is 3.98. The van der Waals surface area contributed by atoms with Crippen LogP contribution in [0.15, 0.2) is 48.5 Å². The molecule has 672 valence electrons. The number of aliphatic hydroxyl groups excluding tert-OH is 9. The van der Waals surface area contributed by atoms with Crippen LogP contribution in [0.4, 0.5) is 0 Å². The van der Waals surface area contributed by atoms with E-state index in [9.17, 15) is 65.1 Å². The second-order valence-corrected chi connectivity index (χ2v) is 40.1. The fourth-order valence-corrected chi connectivity index (χ4v) is 12.8. The largest absolute Gasteiger partial charge is 0.497 e. The van der Waals surface area contributed by atoms with Gasteiger partial charge in [0.2, 0.25) is 17.7 Å². The number of Topliss-reactive ketones (excluding diaryl/α,β-unsaturated/α-hetero) is 1. The quantitative estimate of drug-likeness (QED) is 0.0297. The molecular formula is C94H181N5O15. The van der Waals surface area contributed by atoms with Gasteiger partial charge < -0.3 is 81.6 Å². The number of carbonyl (C=O) groups excluding carboxylic acids is 4. The molecule has 1 fully saturated rings. The van der Waals surface area contributed by atoms with Crippen molar-refractivity contribution in [3.05, 3.63) is 59.7 Å². The lowest BCUT2D eigenvalue weighted by atomic mass is 9.78. The van der Waals surface area contributed by atoms with Gasteiger partial charge in [0.1, 0.15) is 17.3 Å². The van der Waals surface area contributed by atoms with E-state index in [1.54, 1.807) is 35.0 Å². The first kappa shape index (κ1) is 116. The van der Waals surface area contributed by atoms with Gasteiger partial charge in [0.15, 0.2) is 0 Å². The zero-order valence-corrected chi connectivity index (χ0v) is 77.9. The molecule has 20 nitrogen and oxygen atoms in total. The van der Waals surface area contributed by atoms with Crippen LogP contribution < -0.4 is 30.7 Å². The van der Waals surface area contributed by atoms with Gasteiger partial charge in [0, 0.05) is 62.9 Å². The molecule has 16 atom stereocenters. The van der Waals surface area contributed by atoms with Crippen LogP contribution >= 0.6 is 0 Å². The van der Waals surface area contributed by atoms with Crippen LogP contribution in [0, 0.1) is 80.3 Å². The van der Waals surface area contributed by atoms with Crippen LogP contribution in [0.3, 0.4) is 0 Å². The van der Waals surface area contributed by atoms with E-state index in [0.29, 0.717) is 75.8 Å². The number of ether oxygens (including phenoxy) is 2. The molecule has 2 aromatic rings. The number of nitrogens with one attached hydrogen (secondary N) is 4. The smallest absolute Gasteiger partial charge is 0.225 e. The van der Waals surface area contributed by atoms with E-state index in [0.717, 1.165) is 54.5 Å². The first-order chi connectivity index (χ1) is 51.7. The summed E-state index contributed by atoms with van der Waals surface area (Å²) in [4.78, 5) is 51.2. The van der Waals surface area contributed by atoms with Gasteiger partial charge >= 0.3 is 0 Å². The van der Waals surface area contributed by atoms with Gasteiger partial charge in [-0.15, -0.1) is 0 Å². The van der Waals surface area contributed by atoms with Gasteiger partial charge in [-0.25, -0.2) is 0 Å². The van der Waals surface area contributed by atoms with Crippen molar-refractivity contribution >= 4 is 23.5 Å². The maximum atomic E-state index is 12.4. The van der Waals surface area contributed by atoms with Crippen molar-refractivity contribution in [2.75, 3.05) is 53.5 Å². The Labute approximate surface area is 697 Å². The van der Waals surface area contributed by atoms with Crippen molar-refractivity contribution in [1.82, 2.24) is 26.2 Å². The van der Waals surface area contributed by atoms with Crippen molar-refractivity contribution in [2.24, 2.45) is 80.3 Å². The van der Waals surface area contributed by atoms with Crippen molar-refractivity contribution in [1.29, 1.82) is 0 Å². The summed E-state index contributed by atoms with van der Waals surface area (Å²) in [5, 5.41) is 102. The Kier molecular flexibility index (Phi) is 58.8. The Morgan fingerprint density at radius 3 is 1.39 bits per heavy atom. The Morgan fingerprint density at radius 2 is 1.00 bits per heavy atom. The number of nitrogens with zero attached hydrogens (tertiary/aromatic N) is 1. The SMILES string of the molecule is C.CC(C)CN1CCCC([C@@H](O)C(C)(C)C)C1.CC(C)CNC(=O)[C@@H](CC[C@@H](O)C(C)(C)C)[C@H](C)O.CC(C)NC(=O)[C@@H](CC(=O)[C@H](C)C[C@H](O)C(C)(C)C)C(C)C.CCC[C@H](O)[C@H](CC[C@H](C)O)C(=O)NCC(C)C.COc1ccc([C@H](NCC(C)(C)C)[C@H](C)O)cc1.COc1cccc([C@H](CC[C@@H](O)C(C)(C)C)[C@@H](C)O)c1. The van der Waals surface area contributed by atoms with Crippen LogP contribution in [0.25, 0.3) is 0 Å². The Morgan fingerprint density at radius 1 is 0.518 bits per heavy atom. The molecule has 2 aromatic carbocycles. The third-order valence-corrected chi connectivity index (χ3v) is 20.6. The third-order valence-electron chi connectivity index (χ3n) is 20.6. The van der Waals surface area contributed by atoms with E-state index in [2.05, 4.69) is 81.6 Å². The van der Waals surface area contributed by atoms with E-state index >= 15 is 0 Å². The molecule has 1 aliphatic heterocycles. The zero-order chi connectivity index (χ0) is 88.4. The van der Waals surface area contributed by atoms with E-state index < -0.39 is 54.6 Å². The number of methoxy groups -OCH3 is 2. The van der Waals surface area contributed by atoms with Gasteiger partial charge in [-0.2, -0.15) is 0 Å². The van der Waals surface area contributed by atoms with Crippen molar-refractivity contribution in [3.63, 3.8) is 0 Å². The average Bonchev–Trinajstić information content (AvgIpc) is 0.860. The molecule has 0 bridgehead atoms.